The number of hydrogen-bond acceptors (Lipinski definition) is 1. The molecule has 23 heavy (non-hydrogen) atoms. The predicted octanol–water partition coefficient (Wildman–Crippen LogP) is 6.23. The molecule has 1 nitrogen and oxygen atoms in total. The van der Waals surface area contributed by atoms with E-state index in [0.717, 1.165) is 17.1 Å². The minimum atomic E-state index is -0.360. The van der Waals surface area contributed by atoms with Crippen LogP contribution >= 0.6 is 19.5 Å². The summed E-state index contributed by atoms with van der Waals surface area (Å²) in [5.74, 6) is 0. The number of hydrogen-bond donors (Lipinski definition) is 0. The topological polar surface area (TPSA) is 3.24 Å². The molecule has 0 aliphatic carbocycles. The van der Waals surface area contributed by atoms with Crippen molar-refractivity contribution in [1.82, 2.24) is 0 Å². The minimum Gasteiger partial charge on any atom is -0.376 e. The number of anilines is 1. The smallest absolute Gasteiger partial charge is 0.0680 e. The van der Waals surface area contributed by atoms with Crippen LogP contribution in [0.2, 0.25) is 5.02 Å². The van der Waals surface area contributed by atoms with Gasteiger partial charge in [0.1, 0.15) is 0 Å². The molecule has 0 amide bonds. The van der Waals surface area contributed by atoms with Crippen molar-refractivity contribution in [3.63, 3.8) is 0 Å². The van der Waals surface area contributed by atoms with Crippen LogP contribution in [-0.2, 0) is 6.42 Å². The molecule has 0 saturated heterocycles. The molecule has 0 unspecified atom stereocenters. The van der Waals surface area contributed by atoms with E-state index >= 15 is 0 Å². The summed E-state index contributed by atoms with van der Waals surface area (Å²) in [6.45, 7) is 16.2. The third-order valence-corrected chi connectivity index (χ3v) is 7.83. The summed E-state index contributed by atoms with van der Waals surface area (Å²) in [7, 11) is 3.74. The van der Waals surface area contributed by atoms with Crippen LogP contribution in [0.15, 0.2) is 24.3 Å². The first-order valence-corrected chi connectivity index (χ1v) is 10.0. The van der Waals surface area contributed by atoms with Gasteiger partial charge >= 0.3 is 0 Å². The average molecular weight is 354 g/mol. The van der Waals surface area contributed by atoms with Crippen molar-refractivity contribution in [2.75, 3.05) is 19.0 Å². The standard InChI is InChI=1S/C20H33ClNP/c1-10-11-12-15-17(14-13-16(18(15)21)22(8)9)23(19(2,3)4)20(5,6)7/h10-11,13-14H,12H2,1-9H3. The Balaban J connectivity index is 3.64. The van der Waals surface area contributed by atoms with E-state index in [4.69, 9.17) is 11.6 Å². The zero-order valence-corrected chi connectivity index (χ0v) is 17.9. The maximum atomic E-state index is 6.82. The van der Waals surface area contributed by atoms with E-state index in [9.17, 15) is 0 Å². The van der Waals surface area contributed by atoms with Crippen LogP contribution in [0, 0.1) is 0 Å². The van der Waals surface area contributed by atoms with Gasteiger partial charge in [-0.3, -0.25) is 0 Å². The van der Waals surface area contributed by atoms with Gasteiger partial charge in [0, 0.05) is 14.1 Å². The van der Waals surface area contributed by atoms with Crippen molar-refractivity contribution in [2.24, 2.45) is 0 Å². The molecule has 0 aliphatic rings. The molecular formula is C20H33ClNP. The van der Waals surface area contributed by atoms with Crippen LogP contribution in [0.5, 0.6) is 0 Å². The Morgan fingerprint density at radius 3 is 1.96 bits per heavy atom. The van der Waals surface area contributed by atoms with Gasteiger partial charge in [0.15, 0.2) is 0 Å². The van der Waals surface area contributed by atoms with Crippen molar-refractivity contribution in [3.05, 3.63) is 34.9 Å². The van der Waals surface area contributed by atoms with E-state index in [0.29, 0.717) is 0 Å². The Morgan fingerprint density at radius 1 is 1.04 bits per heavy atom. The maximum absolute atomic E-state index is 6.82. The summed E-state index contributed by atoms with van der Waals surface area (Å²) >= 11 is 6.82. The first-order valence-electron chi connectivity index (χ1n) is 8.31. The molecule has 1 rings (SSSR count). The summed E-state index contributed by atoms with van der Waals surface area (Å²) in [5.41, 5.74) is 2.40. The monoisotopic (exact) mass is 353 g/mol. The Labute approximate surface area is 149 Å². The first-order chi connectivity index (χ1) is 10.4. The molecule has 0 spiro atoms. The quantitative estimate of drug-likeness (QED) is 0.458. The zero-order chi connectivity index (χ0) is 18.0. The molecule has 0 saturated carbocycles. The Morgan fingerprint density at radius 2 is 1.57 bits per heavy atom. The molecular weight excluding hydrogens is 321 g/mol. The second-order valence-corrected chi connectivity index (χ2v) is 12.5. The van der Waals surface area contributed by atoms with Crippen LogP contribution in [0.25, 0.3) is 0 Å². The highest BCUT2D eigenvalue weighted by atomic mass is 35.5. The van der Waals surface area contributed by atoms with Crippen molar-refractivity contribution in [2.45, 2.75) is 65.2 Å². The first kappa shape index (κ1) is 20.5. The highest BCUT2D eigenvalue weighted by Crippen LogP contribution is 2.59. The number of benzene rings is 1. The largest absolute Gasteiger partial charge is 0.376 e. The van der Waals surface area contributed by atoms with Crippen LogP contribution < -0.4 is 10.2 Å². The molecule has 0 heterocycles. The van der Waals surface area contributed by atoms with E-state index in [2.05, 4.69) is 91.7 Å². The lowest BCUT2D eigenvalue weighted by Crippen LogP contribution is -2.33. The molecule has 0 fully saturated rings. The van der Waals surface area contributed by atoms with Crippen LogP contribution in [0.3, 0.4) is 0 Å². The van der Waals surface area contributed by atoms with Crippen molar-refractivity contribution < 1.29 is 0 Å². The third kappa shape index (κ3) is 4.97. The van der Waals surface area contributed by atoms with Gasteiger partial charge in [-0.2, -0.15) is 0 Å². The molecule has 3 heteroatoms. The summed E-state index contributed by atoms with van der Waals surface area (Å²) in [4.78, 5) is 2.10. The van der Waals surface area contributed by atoms with Gasteiger partial charge in [-0.25, -0.2) is 0 Å². The van der Waals surface area contributed by atoms with Crippen molar-refractivity contribution >= 4 is 30.5 Å². The highest BCUT2D eigenvalue weighted by Gasteiger charge is 2.37. The highest BCUT2D eigenvalue weighted by molar-refractivity contribution is 7.68. The third-order valence-electron chi connectivity index (χ3n) is 3.82. The molecule has 0 N–H and O–H groups in total. The number of halogens is 1. The van der Waals surface area contributed by atoms with Gasteiger partial charge in [-0.1, -0.05) is 79.3 Å². The SMILES string of the molecule is CC=CCc1c(P(C(C)(C)C)C(C)(C)C)ccc(N(C)C)c1Cl. The lowest BCUT2D eigenvalue weighted by molar-refractivity contribution is 0.714. The van der Waals surface area contributed by atoms with Crippen molar-refractivity contribution in [1.29, 1.82) is 0 Å². The average Bonchev–Trinajstić information content (AvgIpc) is 2.34. The van der Waals surface area contributed by atoms with E-state index in [1.807, 2.05) is 0 Å². The fourth-order valence-corrected chi connectivity index (χ4v) is 7.94. The van der Waals surface area contributed by atoms with Crippen LogP contribution in [-0.4, -0.2) is 24.4 Å². The fourth-order valence-electron chi connectivity index (χ4n) is 3.31. The second-order valence-electron chi connectivity index (χ2n) is 8.24. The zero-order valence-electron chi connectivity index (χ0n) is 16.3. The molecule has 0 radical (unpaired) electrons. The van der Waals surface area contributed by atoms with Gasteiger partial charge < -0.3 is 4.90 Å². The summed E-state index contributed by atoms with van der Waals surface area (Å²) in [6.07, 6.45) is 5.22. The predicted molar refractivity (Wildman–Crippen MR) is 110 cm³/mol. The Kier molecular flexibility index (Phi) is 6.76. The van der Waals surface area contributed by atoms with Crippen molar-refractivity contribution in [3.8, 4) is 0 Å². The molecule has 0 aromatic heterocycles. The lowest BCUT2D eigenvalue weighted by atomic mass is 10.1. The Hall–Kier alpha value is -0.520. The van der Waals surface area contributed by atoms with E-state index in [-0.39, 0.29) is 18.2 Å². The Bertz CT molecular complexity index is 548. The van der Waals surface area contributed by atoms with Gasteiger partial charge in [0.2, 0.25) is 0 Å². The van der Waals surface area contributed by atoms with Gasteiger partial charge in [-0.15, -0.1) is 0 Å². The normalized spacial score (nSPS) is 13.2. The lowest BCUT2D eigenvalue weighted by Gasteiger charge is -2.43. The second kappa shape index (κ2) is 7.58. The summed E-state index contributed by atoms with van der Waals surface area (Å²) in [6, 6.07) is 4.51. The van der Waals surface area contributed by atoms with E-state index < -0.39 is 0 Å². The fraction of sp³-hybridized carbons (Fsp3) is 0.600. The summed E-state index contributed by atoms with van der Waals surface area (Å²) < 4.78 is 0. The molecule has 1 aromatic rings. The van der Waals surface area contributed by atoms with Crippen LogP contribution in [0.1, 0.15) is 54.0 Å². The molecule has 0 bridgehead atoms. The number of rotatable bonds is 4. The molecule has 1 aromatic carbocycles. The molecule has 0 atom stereocenters. The van der Waals surface area contributed by atoms with Gasteiger partial charge in [0.25, 0.3) is 0 Å². The molecule has 130 valence electrons. The minimum absolute atomic E-state index is 0.237. The number of nitrogens with zero attached hydrogens (tertiary/aromatic N) is 1. The van der Waals surface area contributed by atoms with Gasteiger partial charge in [0.05, 0.1) is 10.7 Å². The van der Waals surface area contributed by atoms with Crippen LogP contribution in [0.4, 0.5) is 5.69 Å². The number of allylic oxidation sites excluding steroid dienone is 2. The molecule has 0 aliphatic heterocycles. The summed E-state index contributed by atoms with van der Waals surface area (Å²) in [5, 5.41) is 2.84. The van der Waals surface area contributed by atoms with E-state index in [1.165, 1.54) is 10.9 Å². The van der Waals surface area contributed by atoms with E-state index in [1.54, 1.807) is 0 Å². The van der Waals surface area contributed by atoms with Gasteiger partial charge in [-0.05, 0) is 40.6 Å². The maximum Gasteiger partial charge on any atom is 0.0680 e.